The second-order valence-corrected chi connectivity index (χ2v) is 7.95. The standard InChI is InChI=1S/C26H40O2/c1-3-4-5-6-7-8-9-14-23(2)28-21-13-20-27-22-19-25-17-12-16-24-15-10-11-18-26(24)25/h10-12,15-18,23H,3-9,13-14,19-22H2,1-2H3. The van der Waals surface area contributed by atoms with Crippen molar-refractivity contribution >= 4 is 10.8 Å². The van der Waals surface area contributed by atoms with E-state index in [9.17, 15) is 0 Å². The molecule has 2 nitrogen and oxygen atoms in total. The van der Waals surface area contributed by atoms with Crippen molar-refractivity contribution in [3.05, 3.63) is 48.0 Å². The summed E-state index contributed by atoms with van der Waals surface area (Å²) < 4.78 is 11.8. The van der Waals surface area contributed by atoms with Crippen LogP contribution in [0.15, 0.2) is 42.5 Å². The van der Waals surface area contributed by atoms with Crippen LogP contribution in [-0.2, 0) is 15.9 Å². The fourth-order valence-corrected chi connectivity index (χ4v) is 3.71. The normalized spacial score (nSPS) is 12.5. The van der Waals surface area contributed by atoms with E-state index in [0.29, 0.717) is 6.10 Å². The average molecular weight is 385 g/mol. The molecule has 0 aliphatic carbocycles. The summed E-state index contributed by atoms with van der Waals surface area (Å²) in [5.74, 6) is 0. The number of hydrogen-bond acceptors (Lipinski definition) is 2. The molecule has 0 amide bonds. The van der Waals surface area contributed by atoms with Gasteiger partial charge in [0.05, 0.1) is 12.7 Å². The third-order valence-electron chi connectivity index (χ3n) is 5.45. The Labute approximate surface area is 172 Å². The summed E-state index contributed by atoms with van der Waals surface area (Å²) in [4.78, 5) is 0. The van der Waals surface area contributed by atoms with E-state index in [2.05, 4.69) is 56.3 Å². The van der Waals surface area contributed by atoms with Crippen molar-refractivity contribution in [2.75, 3.05) is 19.8 Å². The molecule has 1 unspecified atom stereocenters. The highest BCUT2D eigenvalue weighted by molar-refractivity contribution is 5.85. The maximum Gasteiger partial charge on any atom is 0.0547 e. The Morgan fingerprint density at radius 2 is 1.50 bits per heavy atom. The molecule has 2 aromatic rings. The number of rotatable bonds is 16. The predicted octanol–water partition coefficient (Wildman–Crippen LogP) is 7.33. The fourth-order valence-electron chi connectivity index (χ4n) is 3.71. The van der Waals surface area contributed by atoms with Crippen LogP contribution in [0.25, 0.3) is 10.8 Å². The minimum atomic E-state index is 0.381. The Balaban J connectivity index is 1.45. The Hall–Kier alpha value is -1.38. The summed E-state index contributed by atoms with van der Waals surface area (Å²) in [5, 5.41) is 2.65. The average Bonchev–Trinajstić information content (AvgIpc) is 2.72. The molecule has 1 atom stereocenters. The largest absolute Gasteiger partial charge is 0.381 e. The summed E-state index contributed by atoms with van der Waals surface area (Å²) >= 11 is 0. The van der Waals surface area contributed by atoms with Crippen molar-refractivity contribution in [3.63, 3.8) is 0 Å². The zero-order chi connectivity index (χ0) is 19.9. The molecule has 0 radical (unpaired) electrons. The van der Waals surface area contributed by atoms with Gasteiger partial charge >= 0.3 is 0 Å². The van der Waals surface area contributed by atoms with Gasteiger partial charge in [-0.05, 0) is 42.5 Å². The van der Waals surface area contributed by atoms with Crippen LogP contribution in [0.4, 0.5) is 0 Å². The van der Waals surface area contributed by atoms with Crippen molar-refractivity contribution in [3.8, 4) is 0 Å². The van der Waals surface area contributed by atoms with Gasteiger partial charge in [0.15, 0.2) is 0 Å². The van der Waals surface area contributed by atoms with Crippen LogP contribution in [0.2, 0.25) is 0 Å². The van der Waals surface area contributed by atoms with E-state index in [-0.39, 0.29) is 0 Å². The summed E-state index contributed by atoms with van der Waals surface area (Å²) in [6.07, 6.45) is 13.1. The van der Waals surface area contributed by atoms with Gasteiger partial charge in [-0.2, -0.15) is 0 Å². The molecule has 0 spiro atoms. The summed E-state index contributed by atoms with van der Waals surface area (Å²) in [5.41, 5.74) is 1.37. The first-order valence-corrected chi connectivity index (χ1v) is 11.5. The van der Waals surface area contributed by atoms with Gasteiger partial charge in [0.25, 0.3) is 0 Å². The molecule has 0 aliphatic heterocycles. The molecule has 2 heteroatoms. The molecular weight excluding hydrogens is 344 g/mol. The maximum absolute atomic E-state index is 5.93. The van der Waals surface area contributed by atoms with Crippen molar-refractivity contribution in [2.24, 2.45) is 0 Å². The Morgan fingerprint density at radius 3 is 2.36 bits per heavy atom. The Kier molecular flexibility index (Phi) is 11.9. The summed E-state index contributed by atoms with van der Waals surface area (Å²) in [7, 11) is 0. The molecule has 0 aromatic heterocycles. The van der Waals surface area contributed by atoms with E-state index in [1.54, 1.807) is 0 Å². The molecule has 2 rings (SSSR count). The lowest BCUT2D eigenvalue weighted by Crippen LogP contribution is -2.11. The molecule has 2 aromatic carbocycles. The predicted molar refractivity (Wildman–Crippen MR) is 121 cm³/mol. The molecule has 0 N–H and O–H groups in total. The van der Waals surface area contributed by atoms with Gasteiger partial charge in [0.1, 0.15) is 0 Å². The van der Waals surface area contributed by atoms with Crippen LogP contribution in [0.1, 0.15) is 77.2 Å². The topological polar surface area (TPSA) is 18.5 Å². The first kappa shape index (κ1) is 22.9. The second-order valence-electron chi connectivity index (χ2n) is 7.95. The van der Waals surface area contributed by atoms with Crippen LogP contribution in [-0.4, -0.2) is 25.9 Å². The first-order chi connectivity index (χ1) is 13.8. The van der Waals surface area contributed by atoms with Crippen LogP contribution < -0.4 is 0 Å². The van der Waals surface area contributed by atoms with Crippen LogP contribution in [0.3, 0.4) is 0 Å². The zero-order valence-electron chi connectivity index (χ0n) is 18.1. The first-order valence-electron chi connectivity index (χ1n) is 11.5. The van der Waals surface area contributed by atoms with Gasteiger partial charge in [-0.15, -0.1) is 0 Å². The van der Waals surface area contributed by atoms with Gasteiger partial charge in [-0.25, -0.2) is 0 Å². The number of unbranched alkanes of at least 4 members (excludes halogenated alkanes) is 6. The third-order valence-corrected chi connectivity index (χ3v) is 5.45. The Morgan fingerprint density at radius 1 is 0.750 bits per heavy atom. The molecule has 156 valence electrons. The van der Waals surface area contributed by atoms with Crippen LogP contribution in [0.5, 0.6) is 0 Å². The van der Waals surface area contributed by atoms with E-state index < -0.39 is 0 Å². The zero-order valence-corrected chi connectivity index (χ0v) is 18.1. The van der Waals surface area contributed by atoms with E-state index in [1.807, 2.05) is 0 Å². The lowest BCUT2D eigenvalue weighted by Gasteiger charge is -2.13. The SMILES string of the molecule is CCCCCCCCCC(C)OCCCOCCc1cccc2ccccc12. The highest BCUT2D eigenvalue weighted by Gasteiger charge is 2.03. The summed E-state index contributed by atoms with van der Waals surface area (Å²) in [6.45, 7) is 6.86. The van der Waals surface area contributed by atoms with Gasteiger partial charge < -0.3 is 9.47 Å². The van der Waals surface area contributed by atoms with Crippen LogP contribution >= 0.6 is 0 Å². The van der Waals surface area contributed by atoms with E-state index in [4.69, 9.17) is 9.47 Å². The molecule has 0 saturated heterocycles. The van der Waals surface area contributed by atoms with Gasteiger partial charge in [-0.3, -0.25) is 0 Å². The molecule has 28 heavy (non-hydrogen) atoms. The lowest BCUT2D eigenvalue weighted by molar-refractivity contribution is 0.0377. The van der Waals surface area contributed by atoms with Crippen molar-refractivity contribution in [2.45, 2.75) is 84.2 Å². The number of ether oxygens (including phenoxy) is 2. The van der Waals surface area contributed by atoms with Crippen LogP contribution in [0, 0.1) is 0 Å². The smallest absolute Gasteiger partial charge is 0.0547 e. The van der Waals surface area contributed by atoms with Gasteiger partial charge in [0.2, 0.25) is 0 Å². The number of benzene rings is 2. The lowest BCUT2D eigenvalue weighted by atomic mass is 10.0. The molecule has 0 saturated carbocycles. The highest BCUT2D eigenvalue weighted by atomic mass is 16.5. The molecule has 0 heterocycles. The fraction of sp³-hybridized carbons (Fsp3) is 0.615. The molecule has 0 bridgehead atoms. The summed E-state index contributed by atoms with van der Waals surface area (Å²) in [6, 6.07) is 15.1. The minimum Gasteiger partial charge on any atom is -0.381 e. The highest BCUT2D eigenvalue weighted by Crippen LogP contribution is 2.19. The minimum absolute atomic E-state index is 0.381. The maximum atomic E-state index is 5.93. The monoisotopic (exact) mass is 384 g/mol. The van der Waals surface area contributed by atoms with E-state index in [1.165, 1.54) is 67.7 Å². The van der Waals surface area contributed by atoms with Gasteiger partial charge in [-0.1, -0.05) is 94.3 Å². The number of hydrogen-bond donors (Lipinski definition) is 0. The molecular formula is C26H40O2. The van der Waals surface area contributed by atoms with E-state index >= 15 is 0 Å². The Bertz CT molecular complexity index is 632. The van der Waals surface area contributed by atoms with Crippen molar-refractivity contribution in [1.29, 1.82) is 0 Å². The third kappa shape index (κ3) is 9.21. The number of fused-ring (bicyclic) bond motifs is 1. The van der Waals surface area contributed by atoms with Crippen molar-refractivity contribution in [1.82, 2.24) is 0 Å². The van der Waals surface area contributed by atoms with E-state index in [0.717, 1.165) is 32.7 Å². The second kappa shape index (κ2) is 14.6. The quantitative estimate of drug-likeness (QED) is 0.282. The molecule has 0 aliphatic rings. The van der Waals surface area contributed by atoms with Gasteiger partial charge in [0, 0.05) is 13.2 Å². The molecule has 0 fully saturated rings. The van der Waals surface area contributed by atoms with Crippen molar-refractivity contribution < 1.29 is 9.47 Å².